The number of nitrogens with two attached hydrogens (primary N) is 1. The summed E-state index contributed by atoms with van der Waals surface area (Å²) in [6.07, 6.45) is 3.50. The number of hydrogen-bond acceptors (Lipinski definition) is 7. The minimum absolute atomic E-state index is 0.0618. The molecule has 2 rings (SSSR count). The Balaban J connectivity index is 1.91. The summed E-state index contributed by atoms with van der Waals surface area (Å²) in [6, 6.07) is 2.41. The second-order valence-electron chi connectivity index (χ2n) is 6.40. The highest BCUT2D eigenvalue weighted by atomic mass is 35.5. The molecule has 0 aliphatic rings. The highest BCUT2D eigenvalue weighted by Gasteiger charge is 2.23. The lowest BCUT2D eigenvalue weighted by molar-refractivity contribution is 0.507. The average Bonchev–Trinajstić information content (AvgIpc) is 3.04. The van der Waals surface area contributed by atoms with Crippen molar-refractivity contribution in [2.75, 3.05) is 29.7 Å². The molecule has 1 aromatic carbocycles. The molecule has 29 heavy (non-hydrogen) atoms. The maximum Gasteiger partial charge on any atom is 0.266 e. The Kier molecular flexibility index (Phi) is 9.03. The number of unbranched alkanes of at least 4 members (excludes halogenated alkanes) is 1. The van der Waals surface area contributed by atoms with E-state index in [0.717, 1.165) is 44.1 Å². The molecule has 7 nitrogen and oxygen atoms in total. The molecule has 1 heterocycles. The summed E-state index contributed by atoms with van der Waals surface area (Å²) in [5.74, 6) is -0.973. The summed E-state index contributed by atoms with van der Waals surface area (Å²) in [7, 11) is -4.29. The van der Waals surface area contributed by atoms with E-state index in [4.69, 9.17) is 17.3 Å². The van der Waals surface area contributed by atoms with Gasteiger partial charge in [-0.3, -0.25) is 4.72 Å². The fourth-order valence-corrected chi connectivity index (χ4v) is 4.68. The number of benzene rings is 1. The largest absolute Gasteiger partial charge is 0.384 e. The van der Waals surface area contributed by atoms with Crippen LogP contribution in [0.4, 0.5) is 19.6 Å². The number of aromatic nitrogens is 1. The van der Waals surface area contributed by atoms with E-state index in [-0.39, 0.29) is 10.2 Å². The third-order valence-electron chi connectivity index (χ3n) is 4.02. The van der Waals surface area contributed by atoms with Gasteiger partial charge in [0.25, 0.3) is 10.0 Å². The highest BCUT2D eigenvalue weighted by molar-refractivity contribution is 7.93. The highest BCUT2D eigenvalue weighted by Crippen LogP contribution is 2.29. The molecule has 0 amide bonds. The Hall–Kier alpha value is -1.53. The summed E-state index contributed by atoms with van der Waals surface area (Å²) in [5.41, 5.74) is 5.80. The van der Waals surface area contributed by atoms with Crippen LogP contribution in [-0.2, 0) is 10.0 Å². The van der Waals surface area contributed by atoms with Crippen LogP contribution in [0.1, 0.15) is 26.2 Å². The van der Waals surface area contributed by atoms with Crippen molar-refractivity contribution in [3.05, 3.63) is 34.3 Å². The van der Waals surface area contributed by atoms with Gasteiger partial charge in [0.2, 0.25) is 0 Å². The Morgan fingerprint density at radius 2 is 2.00 bits per heavy atom. The van der Waals surface area contributed by atoms with Crippen LogP contribution in [-0.4, -0.2) is 39.1 Å². The molecule has 1 atom stereocenters. The molecule has 1 unspecified atom stereocenters. The number of nitrogens with one attached hydrogen (secondary N) is 3. The number of anilines is 2. The fourth-order valence-electron chi connectivity index (χ4n) is 2.52. The van der Waals surface area contributed by atoms with Gasteiger partial charge in [0.15, 0.2) is 10.3 Å². The zero-order chi connectivity index (χ0) is 21.4. The van der Waals surface area contributed by atoms with Crippen LogP contribution < -0.4 is 21.1 Å². The van der Waals surface area contributed by atoms with Gasteiger partial charge in [-0.1, -0.05) is 22.9 Å². The van der Waals surface area contributed by atoms with Gasteiger partial charge in [0.05, 0.1) is 16.9 Å². The fraction of sp³-hybridized carbons (Fsp3) is 0.471. The molecule has 162 valence electrons. The number of nitrogens with zero attached hydrogens (tertiary/aromatic N) is 1. The van der Waals surface area contributed by atoms with Crippen LogP contribution in [0.5, 0.6) is 0 Å². The van der Waals surface area contributed by atoms with Crippen LogP contribution in [0.3, 0.4) is 0 Å². The molecule has 0 bridgehead atoms. The zero-order valence-corrected chi connectivity index (χ0v) is 18.2. The molecule has 2 aromatic rings. The lowest BCUT2D eigenvalue weighted by Crippen LogP contribution is -2.29. The smallest absolute Gasteiger partial charge is 0.266 e. The third-order valence-corrected chi connectivity index (χ3v) is 6.52. The van der Waals surface area contributed by atoms with Gasteiger partial charge >= 0.3 is 0 Å². The Morgan fingerprint density at radius 3 is 2.66 bits per heavy atom. The van der Waals surface area contributed by atoms with Gasteiger partial charge in [-0.05, 0) is 51.4 Å². The van der Waals surface area contributed by atoms with E-state index in [1.807, 2.05) is 4.72 Å². The van der Waals surface area contributed by atoms with E-state index in [2.05, 4.69) is 22.5 Å². The van der Waals surface area contributed by atoms with Gasteiger partial charge in [-0.2, -0.15) is 4.39 Å². The quantitative estimate of drug-likeness (QED) is 0.356. The summed E-state index contributed by atoms with van der Waals surface area (Å²) in [4.78, 5) is 2.92. The maximum absolute atomic E-state index is 14.4. The van der Waals surface area contributed by atoms with Crippen molar-refractivity contribution in [1.29, 1.82) is 0 Å². The second kappa shape index (κ2) is 11.0. The first kappa shape index (κ1) is 23.7. The summed E-state index contributed by atoms with van der Waals surface area (Å²) in [6.45, 7) is 4.10. The maximum atomic E-state index is 14.4. The molecule has 0 spiro atoms. The number of rotatable bonds is 12. The van der Waals surface area contributed by atoms with Crippen LogP contribution in [0.2, 0.25) is 5.02 Å². The normalized spacial score (nSPS) is 12.7. The van der Waals surface area contributed by atoms with Crippen molar-refractivity contribution in [2.45, 2.75) is 37.1 Å². The third kappa shape index (κ3) is 7.34. The van der Waals surface area contributed by atoms with Gasteiger partial charge in [-0.15, -0.1) is 0 Å². The van der Waals surface area contributed by atoms with Gasteiger partial charge in [-0.25, -0.2) is 17.8 Å². The van der Waals surface area contributed by atoms with E-state index in [1.54, 1.807) is 0 Å². The number of thiazole rings is 1. The van der Waals surface area contributed by atoms with Crippen LogP contribution >= 0.6 is 22.9 Å². The molecule has 5 N–H and O–H groups in total. The SMILES string of the molecule is CC(CCN)NCCCCNc1cc(F)c(S(=O)(=O)Nc2ncc(F)s2)cc1Cl. The number of hydrogen-bond donors (Lipinski definition) is 4. The Labute approximate surface area is 178 Å². The predicted octanol–water partition coefficient (Wildman–Crippen LogP) is 3.39. The summed E-state index contributed by atoms with van der Waals surface area (Å²) in [5, 5.41) is 5.56. The van der Waals surface area contributed by atoms with E-state index in [1.165, 1.54) is 0 Å². The molecule has 12 heteroatoms. The number of halogens is 3. The van der Waals surface area contributed by atoms with E-state index >= 15 is 0 Å². The molecule has 0 saturated heterocycles. The summed E-state index contributed by atoms with van der Waals surface area (Å²) >= 11 is 6.61. The van der Waals surface area contributed by atoms with Gasteiger partial charge in [0.1, 0.15) is 10.7 Å². The first-order chi connectivity index (χ1) is 13.7. The zero-order valence-electron chi connectivity index (χ0n) is 15.8. The van der Waals surface area contributed by atoms with E-state index in [9.17, 15) is 17.2 Å². The van der Waals surface area contributed by atoms with E-state index < -0.39 is 25.9 Å². The van der Waals surface area contributed by atoms with Gasteiger partial charge < -0.3 is 16.4 Å². The van der Waals surface area contributed by atoms with Crippen molar-refractivity contribution in [2.24, 2.45) is 5.73 Å². The monoisotopic (exact) mass is 467 g/mol. The molecule has 0 saturated carbocycles. The minimum Gasteiger partial charge on any atom is -0.384 e. The van der Waals surface area contributed by atoms with Crippen molar-refractivity contribution in [3.8, 4) is 0 Å². The molecule has 0 aliphatic heterocycles. The molecule has 0 aliphatic carbocycles. The van der Waals surface area contributed by atoms with Crippen LogP contribution in [0.25, 0.3) is 0 Å². The Bertz CT molecular complexity index is 911. The first-order valence-electron chi connectivity index (χ1n) is 9.03. The van der Waals surface area contributed by atoms with Crippen LogP contribution in [0.15, 0.2) is 23.2 Å². The lowest BCUT2D eigenvalue weighted by atomic mass is 10.2. The molecular weight excluding hydrogens is 444 g/mol. The summed E-state index contributed by atoms with van der Waals surface area (Å²) < 4.78 is 54.1. The minimum atomic E-state index is -4.29. The van der Waals surface area contributed by atoms with Crippen molar-refractivity contribution in [3.63, 3.8) is 0 Å². The van der Waals surface area contributed by atoms with Crippen molar-refractivity contribution in [1.82, 2.24) is 10.3 Å². The predicted molar refractivity (Wildman–Crippen MR) is 113 cm³/mol. The molecule has 1 aromatic heterocycles. The van der Waals surface area contributed by atoms with Crippen LogP contribution in [0, 0.1) is 10.9 Å². The lowest BCUT2D eigenvalue weighted by Gasteiger charge is -2.13. The first-order valence-corrected chi connectivity index (χ1v) is 11.7. The topological polar surface area (TPSA) is 109 Å². The van der Waals surface area contributed by atoms with Crippen molar-refractivity contribution >= 4 is 43.8 Å². The number of sulfonamides is 1. The molecular formula is C17H24ClF2N5O2S2. The second-order valence-corrected chi connectivity index (χ2v) is 9.44. The van der Waals surface area contributed by atoms with Gasteiger partial charge in [0, 0.05) is 12.6 Å². The standard InChI is InChI=1S/C17H24ClF2N5O2S2/c1-11(4-5-21)22-6-2-3-7-23-14-9-13(19)15(8-12(14)18)29(26,27)25-17-24-10-16(20)28-17/h8-11,22-23H,2-7,21H2,1H3,(H,24,25). The molecule has 0 fully saturated rings. The van der Waals surface area contributed by atoms with Crippen molar-refractivity contribution < 1.29 is 17.2 Å². The molecule has 0 radical (unpaired) electrons. The average molecular weight is 468 g/mol. The Morgan fingerprint density at radius 1 is 1.28 bits per heavy atom. The van der Waals surface area contributed by atoms with E-state index in [0.29, 0.717) is 36.2 Å².